The number of aryl methyl sites for hydroxylation is 1. The molecule has 0 atom stereocenters. The molecule has 186 valence electrons. The smallest absolute Gasteiger partial charge is 0.315 e. The summed E-state index contributed by atoms with van der Waals surface area (Å²) in [5, 5.41) is 15.5. The van der Waals surface area contributed by atoms with Crippen LogP contribution < -0.4 is 15.5 Å². The molecule has 2 aromatic carbocycles. The van der Waals surface area contributed by atoms with Gasteiger partial charge in [-0.1, -0.05) is 29.8 Å². The van der Waals surface area contributed by atoms with Crippen molar-refractivity contribution in [2.45, 2.75) is 70.1 Å². The van der Waals surface area contributed by atoms with Gasteiger partial charge in [-0.3, -0.25) is 4.79 Å². The molecule has 3 amide bonds. The first-order chi connectivity index (χ1) is 17.3. The van der Waals surface area contributed by atoms with Crippen molar-refractivity contribution in [3.05, 3.63) is 58.9 Å². The topological polar surface area (TPSA) is 103 Å². The Labute approximate surface area is 215 Å². The number of halogens is 1. The molecule has 0 saturated heterocycles. The standard InChI is InChI=1S/C27H29ClN6O2/c1-17(2)30-26(36)31-19-14-27(15-19)20-7-3-4-8-22(20)34(25(27)35)16-24-32-21-13-18(28)9-10-23(21)33(24)12-6-5-11-29/h3-4,7-10,13,17,19H,5-6,12,14-16H2,1-2H3,(H2,30,31,36)/t19-,27-. The van der Waals surface area contributed by atoms with Gasteiger partial charge in [0.25, 0.3) is 0 Å². The Kier molecular flexibility index (Phi) is 6.35. The van der Waals surface area contributed by atoms with Crippen molar-refractivity contribution < 1.29 is 9.59 Å². The van der Waals surface area contributed by atoms with Gasteiger partial charge in [0, 0.05) is 35.8 Å². The highest BCUT2D eigenvalue weighted by atomic mass is 35.5. The average Bonchev–Trinajstić information content (AvgIpc) is 3.26. The fourth-order valence-electron chi connectivity index (χ4n) is 5.50. The van der Waals surface area contributed by atoms with Gasteiger partial charge < -0.3 is 20.1 Å². The van der Waals surface area contributed by atoms with Crippen molar-refractivity contribution in [3.63, 3.8) is 0 Å². The van der Waals surface area contributed by atoms with Crippen molar-refractivity contribution in [1.82, 2.24) is 20.2 Å². The summed E-state index contributed by atoms with van der Waals surface area (Å²) in [4.78, 5) is 32.8. The van der Waals surface area contributed by atoms with Crippen LogP contribution in [0.3, 0.4) is 0 Å². The molecular weight excluding hydrogens is 476 g/mol. The number of hydrogen-bond donors (Lipinski definition) is 2. The molecule has 1 aliphatic carbocycles. The molecule has 0 unspecified atom stereocenters. The minimum atomic E-state index is -0.632. The summed E-state index contributed by atoms with van der Waals surface area (Å²) in [6.45, 7) is 4.78. The van der Waals surface area contributed by atoms with Crippen LogP contribution in [0, 0.1) is 11.3 Å². The zero-order valence-electron chi connectivity index (χ0n) is 20.4. The van der Waals surface area contributed by atoms with Gasteiger partial charge in [-0.25, -0.2) is 9.78 Å². The molecule has 1 aromatic heterocycles. The number of rotatable bonds is 7. The first-order valence-corrected chi connectivity index (χ1v) is 12.7. The molecule has 5 rings (SSSR count). The van der Waals surface area contributed by atoms with Crippen LogP contribution in [0.1, 0.15) is 50.9 Å². The Bertz CT molecular complexity index is 1370. The average molecular weight is 505 g/mol. The Balaban J connectivity index is 1.43. The van der Waals surface area contributed by atoms with E-state index in [2.05, 4.69) is 21.3 Å². The Hall–Kier alpha value is -3.57. The highest BCUT2D eigenvalue weighted by molar-refractivity contribution is 6.31. The third kappa shape index (κ3) is 4.18. The third-order valence-corrected chi connectivity index (χ3v) is 7.30. The van der Waals surface area contributed by atoms with Crippen LogP contribution >= 0.6 is 11.6 Å². The molecular formula is C27H29ClN6O2. The lowest BCUT2D eigenvalue weighted by atomic mass is 9.62. The summed E-state index contributed by atoms with van der Waals surface area (Å²) in [6, 6.07) is 15.5. The van der Waals surface area contributed by atoms with E-state index in [0.29, 0.717) is 43.8 Å². The first kappa shape index (κ1) is 24.1. The lowest BCUT2D eigenvalue weighted by Crippen LogP contribution is -2.59. The second kappa shape index (κ2) is 9.47. The zero-order chi connectivity index (χ0) is 25.4. The van der Waals surface area contributed by atoms with Gasteiger partial charge in [0.2, 0.25) is 5.91 Å². The van der Waals surface area contributed by atoms with E-state index in [1.807, 2.05) is 61.2 Å². The van der Waals surface area contributed by atoms with Crippen LogP contribution in [0.5, 0.6) is 0 Å². The molecule has 2 N–H and O–H groups in total. The molecule has 2 aliphatic rings. The number of carbonyl (C=O) groups excluding carboxylic acids is 2. The monoisotopic (exact) mass is 504 g/mol. The summed E-state index contributed by atoms with van der Waals surface area (Å²) >= 11 is 6.22. The number of imidazole rings is 1. The molecule has 2 heterocycles. The highest BCUT2D eigenvalue weighted by Gasteiger charge is 2.58. The van der Waals surface area contributed by atoms with Gasteiger partial charge in [-0.15, -0.1) is 0 Å². The maximum atomic E-state index is 13.9. The minimum Gasteiger partial charge on any atom is -0.336 e. The number of aromatic nitrogens is 2. The van der Waals surface area contributed by atoms with E-state index in [1.54, 1.807) is 0 Å². The highest BCUT2D eigenvalue weighted by Crippen LogP contribution is 2.53. The number of anilines is 1. The molecule has 3 aromatic rings. The van der Waals surface area contributed by atoms with Crippen LogP contribution in [0.25, 0.3) is 11.0 Å². The van der Waals surface area contributed by atoms with Crippen LogP contribution in [-0.4, -0.2) is 33.6 Å². The molecule has 9 heteroatoms. The number of hydrogen-bond acceptors (Lipinski definition) is 4. The molecule has 36 heavy (non-hydrogen) atoms. The van der Waals surface area contributed by atoms with Crippen molar-refractivity contribution in [2.75, 3.05) is 4.90 Å². The van der Waals surface area contributed by atoms with E-state index in [0.717, 1.165) is 28.1 Å². The summed E-state index contributed by atoms with van der Waals surface area (Å²) < 4.78 is 2.09. The number of fused-ring (bicyclic) bond motifs is 3. The number of para-hydroxylation sites is 1. The zero-order valence-corrected chi connectivity index (χ0v) is 21.2. The SMILES string of the molecule is CC(C)NC(=O)N[C@H]1C[C@@]2(C1)C(=O)N(Cc1nc3cc(Cl)ccc3n1CCCC#N)c1ccccc12. The maximum Gasteiger partial charge on any atom is 0.315 e. The number of nitriles is 1. The number of nitrogens with zero attached hydrogens (tertiary/aromatic N) is 4. The largest absolute Gasteiger partial charge is 0.336 e. The quantitative estimate of drug-likeness (QED) is 0.457. The first-order valence-electron chi connectivity index (χ1n) is 12.3. The second-order valence-electron chi connectivity index (χ2n) is 9.94. The summed E-state index contributed by atoms with van der Waals surface area (Å²) in [5.74, 6) is 0.801. The predicted octanol–water partition coefficient (Wildman–Crippen LogP) is 4.65. The van der Waals surface area contributed by atoms with Crippen molar-refractivity contribution in [1.29, 1.82) is 5.26 Å². The van der Waals surface area contributed by atoms with E-state index in [-0.39, 0.29) is 24.0 Å². The number of benzene rings is 2. The fraction of sp³-hybridized carbons (Fsp3) is 0.407. The van der Waals surface area contributed by atoms with Gasteiger partial charge in [-0.05, 0) is 62.9 Å². The third-order valence-electron chi connectivity index (χ3n) is 7.07. The number of unbranched alkanes of at least 4 members (excludes halogenated alkanes) is 1. The molecule has 0 bridgehead atoms. The molecule has 0 radical (unpaired) electrons. The van der Waals surface area contributed by atoms with E-state index >= 15 is 0 Å². The molecule has 1 saturated carbocycles. The van der Waals surface area contributed by atoms with Gasteiger partial charge in [-0.2, -0.15) is 5.26 Å². The lowest BCUT2D eigenvalue weighted by molar-refractivity contribution is -0.127. The molecule has 1 aliphatic heterocycles. The van der Waals surface area contributed by atoms with Gasteiger partial charge >= 0.3 is 6.03 Å². The van der Waals surface area contributed by atoms with Crippen LogP contribution in [-0.2, 0) is 23.3 Å². The number of nitrogens with one attached hydrogen (secondary N) is 2. The van der Waals surface area contributed by atoms with Crippen molar-refractivity contribution in [3.8, 4) is 6.07 Å². The normalized spacial score (nSPS) is 20.5. The summed E-state index contributed by atoms with van der Waals surface area (Å²) in [6.07, 6.45) is 2.27. The Morgan fingerprint density at radius 1 is 1.28 bits per heavy atom. The number of urea groups is 1. The van der Waals surface area contributed by atoms with E-state index in [9.17, 15) is 9.59 Å². The predicted molar refractivity (Wildman–Crippen MR) is 139 cm³/mol. The molecule has 8 nitrogen and oxygen atoms in total. The van der Waals surface area contributed by atoms with Crippen molar-refractivity contribution in [2.24, 2.45) is 0 Å². The Morgan fingerprint density at radius 2 is 2.06 bits per heavy atom. The maximum absolute atomic E-state index is 13.9. The van der Waals surface area contributed by atoms with Crippen LogP contribution in [0.15, 0.2) is 42.5 Å². The van der Waals surface area contributed by atoms with Gasteiger partial charge in [0.15, 0.2) is 0 Å². The minimum absolute atomic E-state index is 0.0414. The Morgan fingerprint density at radius 3 is 2.81 bits per heavy atom. The second-order valence-corrected chi connectivity index (χ2v) is 10.4. The molecule has 1 spiro atoms. The van der Waals surface area contributed by atoms with E-state index < -0.39 is 5.41 Å². The van der Waals surface area contributed by atoms with Crippen LogP contribution in [0.4, 0.5) is 10.5 Å². The van der Waals surface area contributed by atoms with E-state index in [4.69, 9.17) is 21.8 Å². The van der Waals surface area contributed by atoms with Crippen LogP contribution in [0.2, 0.25) is 5.02 Å². The number of amides is 3. The van der Waals surface area contributed by atoms with Crippen molar-refractivity contribution >= 4 is 40.3 Å². The number of carbonyl (C=O) groups is 2. The van der Waals surface area contributed by atoms with E-state index in [1.165, 1.54) is 0 Å². The summed E-state index contributed by atoms with van der Waals surface area (Å²) in [7, 11) is 0. The molecule has 1 fully saturated rings. The van der Waals surface area contributed by atoms with Gasteiger partial charge in [0.1, 0.15) is 5.82 Å². The van der Waals surface area contributed by atoms with Gasteiger partial charge in [0.05, 0.1) is 29.1 Å². The lowest BCUT2D eigenvalue weighted by Gasteiger charge is -2.44. The summed E-state index contributed by atoms with van der Waals surface area (Å²) in [5.41, 5.74) is 2.97. The fourth-order valence-corrected chi connectivity index (χ4v) is 5.67.